The van der Waals surface area contributed by atoms with Crippen LogP contribution in [0.25, 0.3) is 22.0 Å². The van der Waals surface area contributed by atoms with Crippen LogP contribution in [0.2, 0.25) is 0 Å². The number of ether oxygens (including phenoxy) is 2. The predicted molar refractivity (Wildman–Crippen MR) is 96.7 cm³/mol. The molecule has 0 N–H and O–H groups in total. The minimum absolute atomic E-state index is 0.0167. The van der Waals surface area contributed by atoms with Crippen molar-refractivity contribution in [1.29, 1.82) is 0 Å². The molecule has 1 heterocycles. The smallest absolute Gasteiger partial charge is 0.200 e. The molecule has 0 atom stereocenters. The fourth-order valence-electron chi connectivity index (χ4n) is 2.77. The van der Waals surface area contributed by atoms with E-state index in [1.807, 2.05) is 6.92 Å². The van der Waals surface area contributed by atoms with Gasteiger partial charge in [0.05, 0.1) is 24.6 Å². The molecule has 0 aliphatic carbocycles. The zero-order chi connectivity index (χ0) is 18.0. The molecule has 1 aromatic heterocycles. The van der Waals surface area contributed by atoms with Crippen molar-refractivity contribution in [3.8, 4) is 22.6 Å². The van der Waals surface area contributed by atoms with Crippen molar-refractivity contribution in [2.24, 2.45) is 0 Å². The van der Waals surface area contributed by atoms with E-state index in [0.29, 0.717) is 34.7 Å². The fraction of sp³-hybridized carbons (Fsp3) is 0.200. The average Bonchev–Trinajstić information content (AvgIpc) is 2.63. The Morgan fingerprint density at radius 3 is 2.52 bits per heavy atom. The molecule has 0 bridgehead atoms. The molecule has 0 fully saturated rings. The maximum absolute atomic E-state index is 14.4. The van der Waals surface area contributed by atoms with Gasteiger partial charge in [0, 0.05) is 18.8 Å². The van der Waals surface area contributed by atoms with E-state index in [1.165, 1.54) is 16.7 Å². The van der Waals surface area contributed by atoms with Crippen molar-refractivity contribution < 1.29 is 13.9 Å². The quantitative estimate of drug-likeness (QED) is 0.697. The van der Waals surface area contributed by atoms with E-state index in [2.05, 4.69) is 7.05 Å². The summed E-state index contributed by atoms with van der Waals surface area (Å²) in [6.45, 7) is 2.46. The van der Waals surface area contributed by atoms with Gasteiger partial charge >= 0.3 is 0 Å². The summed E-state index contributed by atoms with van der Waals surface area (Å²) < 4.78 is 26.7. The largest absolute Gasteiger partial charge is 0.497 e. The van der Waals surface area contributed by atoms with Gasteiger partial charge in [-0.05, 0) is 36.2 Å². The molecular weight excluding hydrogens is 321 g/mol. The van der Waals surface area contributed by atoms with Crippen molar-refractivity contribution in [3.05, 3.63) is 65.7 Å². The Hall–Kier alpha value is -2.82. The number of methoxy groups -OCH3 is 1. The minimum Gasteiger partial charge on any atom is -0.497 e. The van der Waals surface area contributed by atoms with Crippen LogP contribution in [-0.4, -0.2) is 18.3 Å². The lowest BCUT2D eigenvalue weighted by atomic mass is 10.0. The number of benzene rings is 2. The van der Waals surface area contributed by atoms with Crippen molar-refractivity contribution in [2.75, 3.05) is 13.7 Å². The number of hydrogen-bond donors (Lipinski definition) is 0. The Morgan fingerprint density at radius 1 is 1.16 bits per heavy atom. The normalized spacial score (nSPS) is 10.9. The zero-order valence-electron chi connectivity index (χ0n) is 14.2. The van der Waals surface area contributed by atoms with Gasteiger partial charge < -0.3 is 14.0 Å². The van der Waals surface area contributed by atoms with Crippen molar-refractivity contribution in [3.63, 3.8) is 0 Å². The number of nitrogens with zero attached hydrogens (tertiary/aromatic N) is 1. The molecule has 129 valence electrons. The van der Waals surface area contributed by atoms with Crippen LogP contribution >= 0.6 is 0 Å². The van der Waals surface area contributed by atoms with Crippen molar-refractivity contribution >= 4 is 10.9 Å². The first-order valence-electron chi connectivity index (χ1n) is 8.02. The monoisotopic (exact) mass is 340 g/mol. The van der Waals surface area contributed by atoms with Crippen LogP contribution in [0.1, 0.15) is 13.3 Å². The molecular formula is C20H19FNO3. The Morgan fingerprint density at radius 2 is 1.88 bits per heavy atom. The first-order valence-corrected chi connectivity index (χ1v) is 8.02. The second-order valence-corrected chi connectivity index (χ2v) is 5.69. The summed E-state index contributed by atoms with van der Waals surface area (Å²) in [5.74, 6) is 0.546. The molecule has 4 nitrogen and oxygen atoms in total. The number of pyridine rings is 1. The molecule has 3 aromatic rings. The highest BCUT2D eigenvalue weighted by atomic mass is 19.1. The third-order valence-electron chi connectivity index (χ3n) is 4.00. The Balaban J connectivity index is 2.24. The standard InChI is InChI=1S/C20H19FNO3/c1-4-11-25-17-10-9-16(21)18-19(17)22(2)12-15(20(18)23)13-5-7-14(24-3)8-6-13/h5-10,12H,2,4,11H2,1,3H3. The number of hydrogen-bond acceptors (Lipinski definition) is 3. The summed E-state index contributed by atoms with van der Waals surface area (Å²) in [7, 11) is 5.50. The van der Waals surface area contributed by atoms with E-state index >= 15 is 0 Å². The van der Waals surface area contributed by atoms with Crippen LogP contribution < -0.4 is 14.9 Å². The SMILES string of the molecule is [CH2]n1cc(-c2ccc(OC)cc2)c(=O)c2c(F)ccc(OCCC)c21. The van der Waals surface area contributed by atoms with Crippen LogP contribution in [0.4, 0.5) is 4.39 Å². The van der Waals surface area contributed by atoms with E-state index in [1.54, 1.807) is 37.6 Å². The first kappa shape index (κ1) is 17.0. The number of fused-ring (bicyclic) bond motifs is 1. The zero-order valence-corrected chi connectivity index (χ0v) is 14.2. The average molecular weight is 340 g/mol. The second kappa shape index (κ2) is 6.97. The Bertz CT molecular complexity index is 961. The summed E-state index contributed by atoms with van der Waals surface area (Å²) >= 11 is 0. The summed E-state index contributed by atoms with van der Waals surface area (Å²) in [6, 6.07) is 9.81. The van der Waals surface area contributed by atoms with Crippen LogP contribution in [-0.2, 0) is 0 Å². The third-order valence-corrected chi connectivity index (χ3v) is 4.00. The van der Waals surface area contributed by atoms with Crippen LogP contribution in [0.3, 0.4) is 0 Å². The van der Waals surface area contributed by atoms with Gasteiger partial charge in [0.2, 0.25) is 0 Å². The second-order valence-electron chi connectivity index (χ2n) is 5.69. The first-order chi connectivity index (χ1) is 12.1. The Kier molecular flexibility index (Phi) is 4.74. The van der Waals surface area contributed by atoms with Crippen LogP contribution in [0, 0.1) is 12.9 Å². The van der Waals surface area contributed by atoms with Crippen LogP contribution in [0.5, 0.6) is 11.5 Å². The highest BCUT2D eigenvalue weighted by Crippen LogP contribution is 2.29. The van der Waals surface area contributed by atoms with Gasteiger partial charge in [-0.1, -0.05) is 19.1 Å². The lowest BCUT2D eigenvalue weighted by Gasteiger charge is -2.14. The fourth-order valence-corrected chi connectivity index (χ4v) is 2.77. The van der Waals surface area contributed by atoms with E-state index in [9.17, 15) is 9.18 Å². The molecule has 0 amide bonds. The number of rotatable bonds is 5. The van der Waals surface area contributed by atoms with E-state index in [0.717, 1.165) is 6.42 Å². The van der Waals surface area contributed by atoms with Gasteiger partial charge in [-0.2, -0.15) is 0 Å². The molecule has 0 aliphatic heterocycles. The predicted octanol–water partition coefficient (Wildman–Crippen LogP) is 4.24. The number of aromatic nitrogens is 1. The summed E-state index contributed by atoms with van der Waals surface area (Å²) in [4.78, 5) is 12.9. The topological polar surface area (TPSA) is 40.5 Å². The molecule has 3 rings (SSSR count). The molecule has 0 saturated carbocycles. The highest BCUT2D eigenvalue weighted by Gasteiger charge is 2.17. The molecule has 0 aliphatic rings. The lowest BCUT2D eigenvalue weighted by Crippen LogP contribution is -2.12. The van der Waals surface area contributed by atoms with E-state index in [4.69, 9.17) is 9.47 Å². The minimum atomic E-state index is -0.586. The van der Waals surface area contributed by atoms with Gasteiger partial charge in [-0.3, -0.25) is 4.79 Å². The Labute approximate surface area is 145 Å². The summed E-state index contributed by atoms with van der Waals surface area (Å²) in [5.41, 5.74) is 1.01. The molecule has 1 radical (unpaired) electrons. The third kappa shape index (κ3) is 3.09. The molecule has 25 heavy (non-hydrogen) atoms. The molecule has 0 unspecified atom stereocenters. The van der Waals surface area contributed by atoms with E-state index in [-0.39, 0.29) is 10.8 Å². The number of halogens is 1. The van der Waals surface area contributed by atoms with Gasteiger partial charge in [0.25, 0.3) is 0 Å². The molecule has 0 spiro atoms. The van der Waals surface area contributed by atoms with Gasteiger partial charge in [-0.25, -0.2) is 4.39 Å². The van der Waals surface area contributed by atoms with Gasteiger partial charge in [0.1, 0.15) is 17.3 Å². The maximum Gasteiger partial charge on any atom is 0.200 e. The molecule has 5 heteroatoms. The summed E-state index contributed by atoms with van der Waals surface area (Å²) in [6.07, 6.45) is 2.41. The van der Waals surface area contributed by atoms with E-state index < -0.39 is 5.82 Å². The lowest BCUT2D eigenvalue weighted by molar-refractivity contribution is 0.320. The molecule has 2 aromatic carbocycles. The molecule has 0 saturated heterocycles. The van der Waals surface area contributed by atoms with Gasteiger partial charge in [0.15, 0.2) is 5.43 Å². The maximum atomic E-state index is 14.4. The van der Waals surface area contributed by atoms with Crippen molar-refractivity contribution in [2.45, 2.75) is 13.3 Å². The van der Waals surface area contributed by atoms with Crippen molar-refractivity contribution in [1.82, 2.24) is 4.57 Å². The van der Waals surface area contributed by atoms with Crippen LogP contribution in [0.15, 0.2) is 47.4 Å². The highest BCUT2D eigenvalue weighted by molar-refractivity contribution is 5.89. The summed E-state index contributed by atoms with van der Waals surface area (Å²) in [5, 5.41) is -0.0167. The van der Waals surface area contributed by atoms with Gasteiger partial charge in [-0.15, -0.1) is 0 Å².